The van der Waals surface area contributed by atoms with Crippen LogP contribution in [0.4, 0.5) is 5.69 Å². The van der Waals surface area contributed by atoms with Crippen molar-refractivity contribution >= 4 is 31.6 Å². The van der Waals surface area contributed by atoms with E-state index in [9.17, 15) is 26.7 Å². The molecule has 0 spiro atoms. The summed E-state index contributed by atoms with van der Waals surface area (Å²) in [7, 11) is -5.09. The highest BCUT2D eigenvalue weighted by Gasteiger charge is 2.36. The zero-order chi connectivity index (χ0) is 31.5. The molecule has 0 aliphatic carbocycles. The number of rotatable bonds is 10. The van der Waals surface area contributed by atoms with Gasteiger partial charge in [-0.1, -0.05) is 30.7 Å². The van der Waals surface area contributed by atoms with Crippen molar-refractivity contribution in [2.24, 2.45) is 5.92 Å². The van der Waals surface area contributed by atoms with Crippen LogP contribution in [0.25, 0.3) is 0 Å². The molecule has 0 bridgehead atoms. The van der Waals surface area contributed by atoms with Gasteiger partial charge >= 0.3 is 0 Å². The molecule has 232 valence electrons. The van der Waals surface area contributed by atoms with Crippen molar-refractivity contribution in [2.45, 2.75) is 42.7 Å². The third kappa shape index (κ3) is 6.96. The molecule has 3 atom stereocenters. The number of para-hydroxylation sites is 1. The largest absolute Gasteiger partial charge is 0.497 e. The number of carbonyl (C=O) groups excluding carboxylic acids is 1. The fourth-order valence-electron chi connectivity index (χ4n) is 4.74. The summed E-state index contributed by atoms with van der Waals surface area (Å²) >= 11 is 0. The van der Waals surface area contributed by atoms with Gasteiger partial charge in [0.15, 0.2) is 5.75 Å². The summed E-state index contributed by atoms with van der Waals surface area (Å²) in [6, 6.07) is 16.3. The minimum Gasteiger partial charge on any atom is -0.497 e. The number of hydrogen-bond donors (Lipinski definition) is 2. The molecule has 0 aromatic heterocycles. The summed E-state index contributed by atoms with van der Waals surface area (Å²) in [5.41, 5.74) is 1.01. The van der Waals surface area contributed by atoms with E-state index in [2.05, 4.69) is 4.72 Å². The van der Waals surface area contributed by atoms with Gasteiger partial charge in [0.1, 0.15) is 11.9 Å². The van der Waals surface area contributed by atoms with Crippen LogP contribution >= 0.6 is 0 Å². The number of nitrogens with zero attached hydrogens (tertiary/aromatic N) is 2. The van der Waals surface area contributed by atoms with Gasteiger partial charge < -0.3 is 19.5 Å². The van der Waals surface area contributed by atoms with Gasteiger partial charge in [-0.15, -0.1) is 0 Å². The molecule has 0 radical (unpaired) electrons. The van der Waals surface area contributed by atoms with Crippen LogP contribution in [-0.4, -0.2) is 83.1 Å². The van der Waals surface area contributed by atoms with E-state index in [1.807, 2.05) is 13.8 Å². The molecule has 0 saturated heterocycles. The average molecular weight is 632 g/mol. The predicted molar refractivity (Wildman–Crippen MR) is 162 cm³/mol. The monoisotopic (exact) mass is 631 g/mol. The molecule has 13 heteroatoms. The summed E-state index contributed by atoms with van der Waals surface area (Å²) in [6.07, 6.45) is -0.803. The Morgan fingerprint density at radius 1 is 1.05 bits per heavy atom. The van der Waals surface area contributed by atoms with Gasteiger partial charge in [-0.05, 0) is 62.4 Å². The van der Waals surface area contributed by atoms with E-state index in [4.69, 9.17) is 9.47 Å². The minimum absolute atomic E-state index is 0.0230. The second-order valence-corrected chi connectivity index (χ2v) is 14.4. The highest BCUT2D eigenvalue weighted by molar-refractivity contribution is 7.92. The lowest BCUT2D eigenvalue weighted by molar-refractivity contribution is 0.0389. The van der Waals surface area contributed by atoms with Crippen molar-refractivity contribution in [2.75, 3.05) is 38.6 Å². The van der Waals surface area contributed by atoms with Crippen LogP contribution in [0.1, 0.15) is 29.8 Å². The summed E-state index contributed by atoms with van der Waals surface area (Å²) in [5.74, 6) is -0.373. The van der Waals surface area contributed by atoms with Crippen LogP contribution in [0, 0.1) is 12.8 Å². The molecule has 1 aliphatic heterocycles. The first-order valence-corrected chi connectivity index (χ1v) is 16.6. The molecule has 11 nitrogen and oxygen atoms in total. The second-order valence-electron chi connectivity index (χ2n) is 10.7. The molecule has 0 fully saturated rings. The van der Waals surface area contributed by atoms with Gasteiger partial charge in [-0.2, -0.15) is 4.31 Å². The van der Waals surface area contributed by atoms with Crippen LogP contribution in [0.15, 0.2) is 76.5 Å². The van der Waals surface area contributed by atoms with Gasteiger partial charge in [-0.25, -0.2) is 16.8 Å². The molecule has 1 amide bonds. The summed E-state index contributed by atoms with van der Waals surface area (Å²) in [5, 5.41) is 9.92. The zero-order valence-corrected chi connectivity index (χ0v) is 26.4. The molecule has 4 rings (SSSR count). The van der Waals surface area contributed by atoms with Crippen LogP contribution in [-0.2, 0) is 20.0 Å². The Balaban J connectivity index is 1.74. The first kappa shape index (κ1) is 32.3. The standard InChI is InChI=1S/C30H37N3O8S2/c1-20-9-13-24(14-10-20)42(36,37)31-27-8-6-7-26-29(27)41-28(21(2)17-33(30(26)35)22(3)19-34)18-32(4)43(38,39)25-15-11-23(40-5)12-16-25/h6-16,21-22,28,31,34H,17-19H2,1-5H3/t21-,22-,28+/m1/s1. The smallest absolute Gasteiger partial charge is 0.262 e. The fraction of sp³-hybridized carbons (Fsp3) is 0.367. The number of fused-ring (bicyclic) bond motifs is 1. The maximum Gasteiger partial charge on any atom is 0.262 e. The number of amides is 1. The highest BCUT2D eigenvalue weighted by Crippen LogP contribution is 2.36. The first-order valence-electron chi connectivity index (χ1n) is 13.7. The molecule has 0 saturated carbocycles. The lowest BCUT2D eigenvalue weighted by Gasteiger charge is -2.38. The number of benzene rings is 3. The van der Waals surface area contributed by atoms with Gasteiger partial charge in [0, 0.05) is 19.5 Å². The number of carbonyl (C=O) groups is 1. The van der Waals surface area contributed by atoms with Gasteiger partial charge in [0.2, 0.25) is 10.0 Å². The number of ether oxygens (including phenoxy) is 2. The van der Waals surface area contributed by atoms with Crippen LogP contribution < -0.4 is 14.2 Å². The van der Waals surface area contributed by atoms with E-state index in [0.717, 1.165) is 9.87 Å². The maximum absolute atomic E-state index is 13.7. The summed E-state index contributed by atoms with van der Waals surface area (Å²) in [4.78, 5) is 15.3. The fourth-order valence-corrected chi connectivity index (χ4v) is 6.99. The Morgan fingerprint density at radius 3 is 2.28 bits per heavy atom. The number of aliphatic hydroxyl groups excluding tert-OH is 1. The normalized spacial score (nSPS) is 18.3. The third-order valence-electron chi connectivity index (χ3n) is 7.47. The second kappa shape index (κ2) is 12.9. The molecule has 2 N–H and O–H groups in total. The number of hydrogen-bond acceptors (Lipinski definition) is 8. The number of likely N-dealkylation sites (N-methyl/N-ethyl adjacent to an activating group) is 1. The number of anilines is 1. The maximum atomic E-state index is 13.7. The predicted octanol–water partition coefficient (Wildman–Crippen LogP) is 3.35. The molecule has 0 unspecified atom stereocenters. The first-order chi connectivity index (χ1) is 20.3. The topological polar surface area (TPSA) is 143 Å². The van der Waals surface area contributed by atoms with Crippen molar-refractivity contribution in [1.82, 2.24) is 9.21 Å². The Hall–Kier alpha value is -3.65. The molecule has 3 aromatic carbocycles. The molecule has 1 aliphatic rings. The van der Waals surface area contributed by atoms with E-state index in [1.165, 1.54) is 61.5 Å². The molecule has 1 heterocycles. The Morgan fingerprint density at radius 2 is 1.67 bits per heavy atom. The Bertz CT molecular complexity index is 1660. The Kier molecular flexibility index (Phi) is 9.70. The van der Waals surface area contributed by atoms with Gasteiger partial charge in [0.05, 0.1) is 47.3 Å². The van der Waals surface area contributed by atoms with Crippen LogP contribution in [0.3, 0.4) is 0 Å². The number of methoxy groups -OCH3 is 1. The van der Waals surface area contributed by atoms with Gasteiger partial charge in [-0.3, -0.25) is 9.52 Å². The number of sulfonamides is 2. The Labute approximate surface area is 253 Å². The SMILES string of the molecule is COc1ccc(S(=O)(=O)N(C)C[C@@H]2Oc3c(NS(=O)(=O)c4ccc(C)cc4)cccc3C(=O)N([C@H](C)CO)C[C@H]2C)cc1. The summed E-state index contributed by atoms with van der Waals surface area (Å²) < 4.78 is 68.8. The molecular weight excluding hydrogens is 594 g/mol. The van der Waals surface area contributed by atoms with Gasteiger partial charge in [0.25, 0.3) is 15.9 Å². The number of nitrogens with one attached hydrogen (secondary N) is 1. The van der Waals surface area contributed by atoms with Crippen molar-refractivity contribution in [1.29, 1.82) is 0 Å². The summed E-state index contributed by atoms with van der Waals surface area (Å²) in [6.45, 7) is 5.11. The van der Waals surface area contributed by atoms with E-state index in [0.29, 0.717) is 5.75 Å². The average Bonchev–Trinajstić information content (AvgIpc) is 2.98. The quantitative estimate of drug-likeness (QED) is 0.347. The van der Waals surface area contributed by atoms with E-state index in [1.54, 1.807) is 31.2 Å². The van der Waals surface area contributed by atoms with Crippen molar-refractivity contribution in [3.63, 3.8) is 0 Å². The van der Waals surface area contributed by atoms with E-state index >= 15 is 0 Å². The molecule has 43 heavy (non-hydrogen) atoms. The van der Waals surface area contributed by atoms with Crippen LogP contribution in [0.2, 0.25) is 0 Å². The van der Waals surface area contributed by atoms with E-state index < -0.39 is 44.0 Å². The highest BCUT2D eigenvalue weighted by atomic mass is 32.2. The lowest BCUT2D eigenvalue weighted by atomic mass is 9.99. The minimum atomic E-state index is -4.07. The number of aryl methyl sites for hydroxylation is 1. The molecule has 3 aromatic rings. The number of aliphatic hydroxyl groups is 1. The van der Waals surface area contributed by atoms with Crippen molar-refractivity contribution < 1.29 is 36.2 Å². The van der Waals surface area contributed by atoms with E-state index in [-0.39, 0.29) is 46.5 Å². The lowest BCUT2D eigenvalue weighted by Crippen LogP contribution is -2.50. The molecular formula is C30H37N3O8S2. The van der Waals surface area contributed by atoms with Crippen molar-refractivity contribution in [3.8, 4) is 11.5 Å². The van der Waals surface area contributed by atoms with Crippen LogP contribution in [0.5, 0.6) is 11.5 Å². The van der Waals surface area contributed by atoms with Crippen molar-refractivity contribution in [3.05, 3.63) is 77.9 Å². The third-order valence-corrected chi connectivity index (χ3v) is 10.7. The zero-order valence-electron chi connectivity index (χ0n) is 24.7.